The summed E-state index contributed by atoms with van der Waals surface area (Å²) in [6, 6.07) is 6.48. The quantitative estimate of drug-likeness (QED) is 0.829. The zero-order valence-electron chi connectivity index (χ0n) is 15.4. The van der Waals surface area contributed by atoms with Gasteiger partial charge in [-0.15, -0.1) is 0 Å². The van der Waals surface area contributed by atoms with E-state index in [4.69, 9.17) is 0 Å². The SMILES string of the molecule is CC(C)NC(=O)C1(Nc2cccc(F)c2)CCN(CC2CCC2)CC1. The predicted molar refractivity (Wildman–Crippen MR) is 99.0 cm³/mol. The van der Waals surface area contributed by atoms with Crippen LogP contribution in [0.15, 0.2) is 24.3 Å². The number of anilines is 1. The third kappa shape index (κ3) is 4.51. The second kappa shape index (κ2) is 7.73. The van der Waals surface area contributed by atoms with Crippen LogP contribution in [0.4, 0.5) is 10.1 Å². The first kappa shape index (κ1) is 18.2. The summed E-state index contributed by atoms with van der Waals surface area (Å²) in [7, 11) is 0. The van der Waals surface area contributed by atoms with Crippen LogP contribution in [-0.2, 0) is 4.79 Å². The summed E-state index contributed by atoms with van der Waals surface area (Å²) < 4.78 is 13.6. The molecular weight excluding hydrogens is 317 g/mol. The molecular formula is C20H30FN3O. The number of hydrogen-bond donors (Lipinski definition) is 2. The molecule has 2 fully saturated rings. The first-order valence-electron chi connectivity index (χ1n) is 9.54. The standard InChI is InChI=1S/C20H30FN3O/c1-15(2)22-19(25)20(23-18-8-4-7-17(21)13-18)9-11-24(12-10-20)14-16-5-3-6-16/h4,7-8,13,15-16,23H,3,5-6,9-12,14H2,1-2H3,(H,22,25). The van der Waals surface area contributed by atoms with Gasteiger partial charge in [0.2, 0.25) is 5.91 Å². The lowest BCUT2D eigenvalue weighted by Crippen LogP contribution is -2.59. The van der Waals surface area contributed by atoms with Crippen LogP contribution in [0, 0.1) is 11.7 Å². The predicted octanol–water partition coefficient (Wildman–Crippen LogP) is 3.40. The molecule has 2 N–H and O–H groups in total. The van der Waals surface area contributed by atoms with Crippen molar-refractivity contribution in [3.63, 3.8) is 0 Å². The average Bonchev–Trinajstić information content (AvgIpc) is 2.52. The fourth-order valence-corrected chi connectivity index (χ4v) is 3.81. The van der Waals surface area contributed by atoms with Crippen LogP contribution in [0.5, 0.6) is 0 Å². The summed E-state index contributed by atoms with van der Waals surface area (Å²) in [4.78, 5) is 15.4. The maximum absolute atomic E-state index is 13.6. The molecule has 0 unspecified atom stereocenters. The van der Waals surface area contributed by atoms with Crippen LogP contribution in [0.25, 0.3) is 0 Å². The van der Waals surface area contributed by atoms with E-state index in [2.05, 4.69) is 15.5 Å². The second-order valence-corrected chi connectivity index (χ2v) is 7.94. The average molecular weight is 347 g/mol. The molecule has 1 heterocycles. The number of carbonyl (C=O) groups is 1. The van der Waals surface area contributed by atoms with Gasteiger partial charge in [-0.1, -0.05) is 12.5 Å². The Hall–Kier alpha value is -1.62. The van der Waals surface area contributed by atoms with Crippen molar-refractivity contribution in [2.75, 3.05) is 25.0 Å². The lowest BCUT2D eigenvalue weighted by atomic mass is 9.82. The van der Waals surface area contributed by atoms with Crippen molar-refractivity contribution < 1.29 is 9.18 Å². The Balaban J connectivity index is 1.70. The Kier molecular flexibility index (Phi) is 5.62. The van der Waals surface area contributed by atoms with Gasteiger partial charge in [-0.3, -0.25) is 4.79 Å². The Morgan fingerprint density at radius 1 is 1.32 bits per heavy atom. The minimum atomic E-state index is -0.659. The van der Waals surface area contributed by atoms with Gasteiger partial charge in [0.25, 0.3) is 0 Å². The van der Waals surface area contributed by atoms with Gasteiger partial charge in [0.15, 0.2) is 0 Å². The molecule has 4 nitrogen and oxygen atoms in total. The van der Waals surface area contributed by atoms with Crippen molar-refractivity contribution in [2.45, 2.75) is 57.5 Å². The molecule has 0 spiro atoms. The van der Waals surface area contributed by atoms with Gasteiger partial charge in [0, 0.05) is 31.4 Å². The summed E-state index contributed by atoms with van der Waals surface area (Å²) >= 11 is 0. The molecule has 138 valence electrons. The lowest BCUT2D eigenvalue weighted by molar-refractivity contribution is -0.127. The fraction of sp³-hybridized carbons (Fsp3) is 0.650. The van der Waals surface area contributed by atoms with Crippen LogP contribution in [0.1, 0.15) is 46.0 Å². The number of likely N-dealkylation sites (tertiary alicyclic amines) is 1. The number of carbonyl (C=O) groups excluding carboxylic acids is 1. The number of halogens is 1. The molecule has 0 radical (unpaired) electrons. The van der Waals surface area contributed by atoms with E-state index in [0.717, 1.165) is 38.4 Å². The minimum Gasteiger partial charge on any atom is -0.371 e. The van der Waals surface area contributed by atoms with E-state index >= 15 is 0 Å². The summed E-state index contributed by atoms with van der Waals surface area (Å²) in [6.07, 6.45) is 5.54. The lowest BCUT2D eigenvalue weighted by Gasteiger charge is -2.43. The van der Waals surface area contributed by atoms with E-state index in [1.165, 1.54) is 31.4 Å². The largest absolute Gasteiger partial charge is 0.371 e. The zero-order chi connectivity index (χ0) is 17.9. The molecule has 0 aromatic heterocycles. The van der Waals surface area contributed by atoms with Crippen molar-refractivity contribution in [3.8, 4) is 0 Å². The highest BCUT2D eigenvalue weighted by molar-refractivity contribution is 5.89. The summed E-state index contributed by atoms with van der Waals surface area (Å²) in [5.41, 5.74) is 0.0140. The van der Waals surface area contributed by atoms with Crippen molar-refractivity contribution >= 4 is 11.6 Å². The molecule has 1 aliphatic heterocycles. The van der Waals surface area contributed by atoms with Gasteiger partial charge in [-0.25, -0.2) is 4.39 Å². The Bertz CT molecular complexity index is 592. The van der Waals surface area contributed by atoms with Gasteiger partial charge >= 0.3 is 0 Å². The molecule has 1 aliphatic carbocycles. The van der Waals surface area contributed by atoms with Crippen molar-refractivity contribution in [2.24, 2.45) is 5.92 Å². The molecule has 5 heteroatoms. The highest BCUT2D eigenvalue weighted by Gasteiger charge is 2.42. The van der Waals surface area contributed by atoms with Crippen LogP contribution < -0.4 is 10.6 Å². The second-order valence-electron chi connectivity index (χ2n) is 7.94. The molecule has 1 amide bonds. The molecule has 2 aliphatic rings. The zero-order valence-corrected chi connectivity index (χ0v) is 15.4. The number of amides is 1. The monoisotopic (exact) mass is 347 g/mol. The van der Waals surface area contributed by atoms with E-state index in [1.807, 2.05) is 19.9 Å². The highest BCUT2D eigenvalue weighted by atomic mass is 19.1. The van der Waals surface area contributed by atoms with Gasteiger partial charge in [0.1, 0.15) is 11.4 Å². The van der Waals surface area contributed by atoms with Crippen molar-refractivity contribution in [1.82, 2.24) is 10.2 Å². The van der Waals surface area contributed by atoms with E-state index < -0.39 is 5.54 Å². The number of piperidine rings is 1. The number of nitrogens with one attached hydrogen (secondary N) is 2. The van der Waals surface area contributed by atoms with Crippen LogP contribution >= 0.6 is 0 Å². The van der Waals surface area contributed by atoms with E-state index in [-0.39, 0.29) is 17.8 Å². The third-order valence-corrected chi connectivity index (χ3v) is 5.51. The number of benzene rings is 1. The Labute approximate surface area is 150 Å². The number of rotatable bonds is 6. The Morgan fingerprint density at radius 3 is 2.60 bits per heavy atom. The van der Waals surface area contributed by atoms with Crippen LogP contribution in [0.2, 0.25) is 0 Å². The van der Waals surface area contributed by atoms with Gasteiger partial charge < -0.3 is 15.5 Å². The maximum atomic E-state index is 13.6. The van der Waals surface area contributed by atoms with E-state index in [0.29, 0.717) is 5.69 Å². The molecule has 0 atom stereocenters. The number of nitrogens with zero attached hydrogens (tertiary/aromatic N) is 1. The van der Waals surface area contributed by atoms with E-state index in [9.17, 15) is 9.18 Å². The highest BCUT2D eigenvalue weighted by Crippen LogP contribution is 2.32. The third-order valence-electron chi connectivity index (χ3n) is 5.51. The molecule has 3 rings (SSSR count). The minimum absolute atomic E-state index is 0.0232. The van der Waals surface area contributed by atoms with E-state index in [1.54, 1.807) is 6.07 Å². The maximum Gasteiger partial charge on any atom is 0.245 e. The van der Waals surface area contributed by atoms with Gasteiger partial charge in [-0.05, 0) is 63.6 Å². The molecule has 1 saturated heterocycles. The van der Waals surface area contributed by atoms with Crippen molar-refractivity contribution in [3.05, 3.63) is 30.1 Å². The summed E-state index contributed by atoms with van der Waals surface area (Å²) in [5.74, 6) is 0.579. The van der Waals surface area contributed by atoms with Crippen molar-refractivity contribution in [1.29, 1.82) is 0 Å². The molecule has 1 saturated carbocycles. The summed E-state index contributed by atoms with van der Waals surface area (Å²) in [5, 5.41) is 6.42. The number of hydrogen-bond acceptors (Lipinski definition) is 3. The first-order chi connectivity index (χ1) is 12.0. The molecule has 1 aromatic carbocycles. The first-order valence-corrected chi connectivity index (χ1v) is 9.54. The van der Waals surface area contributed by atoms with Crippen LogP contribution in [0.3, 0.4) is 0 Å². The molecule has 0 bridgehead atoms. The van der Waals surface area contributed by atoms with Gasteiger partial charge in [0.05, 0.1) is 0 Å². The fourth-order valence-electron chi connectivity index (χ4n) is 3.81. The topological polar surface area (TPSA) is 44.4 Å². The normalized spacial score (nSPS) is 21.0. The molecule has 25 heavy (non-hydrogen) atoms. The van der Waals surface area contributed by atoms with Gasteiger partial charge in [-0.2, -0.15) is 0 Å². The smallest absolute Gasteiger partial charge is 0.245 e. The molecule has 1 aromatic rings. The van der Waals surface area contributed by atoms with Crippen LogP contribution in [-0.4, -0.2) is 42.0 Å². The Morgan fingerprint density at radius 2 is 2.04 bits per heavy atom. The summed E-state index contributed by atoms with van der Waals surface area (Å²) in [6.45, 7) is 6.91.